The van der Waals surface area contributed by atoms with E-state index in [0.29, 0.717) is 47.9 Å². The van der Waals surface area contributed by atoms with Crippen molar-refractivity contribution in [3.05, 3.63) is 42.2 Å². The molecule has 1 saturated carbocycles. The first-order valence-electron chi connectivity index (χ1n) is 12.4. The number of benzene rings is 1. The predicted molar refractivity (Wildman–Crippen MR) is 141 cm³/mol. The first-order valence-corrected chi connectivity index (χ1v) is 16.1. The molecule has 0 unspecified atom stereocenters. The minimum Gasteiger partial charge on any atom is -0.361 e. The summed E-state index contributed by atoms with van der Waals surface area (Å²) in [5, 5.41) is 6.00. The number of carbonyl (C=O) groups is 2. The van der Waals surface area contributed by atoms with Crippen LogP contribution in [0, 0.1) is 0 Å². The van der Waals surface area contributed by atoms with Crippen LogP contribution in [0.25, 0.3) is 22.4 Å². The molecule has 0 atom stereocenters. The first kappa shape index (κ1) is 25.1. The Bertz CT molecular complexity index is 1210. The van der Waals surface area contributed by atoms with E-state index in [2.05, 4.69) is 35.3 Å². The van der Waals surface area contributed by atoms with Crippen LogP contribution >= 0.6 is 0 Å². The molecule has 0 spiro atoms. The van der Waals surface area contributed by atoms with E-state index in [0.717, 1.165) is 30.9 Å². The maximum absolute atomic E-state index is 13.1. The standard InChI is InChI=1S/C26H35N5O3Si/c1-5-23(32)28-20-11-6-8-18(14-20)22-15-27-25-24(30-22)21(26(33)29-19-9-7-10-19)16-31(25)17-34-12-13-35(2,3)4/h6,8,11,14-16,19H,5,7,9-10,12-13,17H2,1-4H3,(H,28,32)(H,29,33). The average Bonchev–Trinajstić information content (AvgIpc) is 3.16. The normalized spacial score (nSPS) is 14.1. The van der Waals surface area contributed by atoms with E-state index >= 15 is 0 Å². The molecular weight excluding hydrogens is 458 g/mol. The van der Waals surface area contributed by atoms with Gasteiger partial charge in [0.2, 0.25) is 5.91 Å². The van der Waals surface area contributed by atoms with Crippen LogP contribution in [0.2, 0.25) is 25.7 Å². The van der Waals surface area contributed by atoms with Crippen molar-refractivity contribution < 1.29 is 14.3 Å². The largest absolute Gasteiger partial charge is 0.361 e. The second-order valence-electron chi connectivity index (χ2n) is 10.4. The highest BCUT2D eigenvalue weighted by atomic mass is 28.3. The molecule has 35 heavy (non-hydrogen) atoms. The third kappa shape index (κ3) is 6.35. The van der Waals surface area contributed by atoms with E-state index in [1.54, 1.807) is 12.4 Å². The number of ether oxygens (including phenoxy) is 1. The lowest BCUT2D eigenvalue weighted by atomic mass is 9.93. The molecule has 8 nitrogen and oxygen atoms in total. The number of carbonyl (C=O) groups excluding carboxylic acids is 2. The summed E-state index contributed by atoms with van der Waals surface area (Å²) >= 11 is 0. The van der Waals surface area contributed by atoms with Crippen molar-refractivity contribution in [3.63, 3.8) is 0 Å². The predicted octanol–water partition coefficient (Wildman–Crippen LogP) is 5.04. The van der Waals surface area contributed by atoms with Crippen molar-refractivity contribution in [1.29, 1.82) is 0 Å². The summed E-state index contributed by atoms with van der Waals surface area (Å²) in [5.74, 6) is -0.180. The minimum atomic E-state index is -1.19. The van der Waals surface area contributed by atoms with Crippen molar-refractivity contribution >= 4 is 36.7 Å². The number of aromatic nitrogens is 3. The van der Waals surface area contributed by atoms with Gasteiger partial charge in [-0.15, -0.1) is 0 Å². The van der Waals surface area contributed by atoms with Gasteiger partial charge in [-0.25, -0.2) is 9.97 Å². The Morgan fingerprint density at radius 1 is 1.23 bits per heavy atom. The molecule has 3 aromatic rings. The lowest BCUT2D eigenvalue weighted by Crippen LogP contribution is -2.39. The molecule has 0 saturated heterocycles. The molecule has 9 heteroatoms. The molecule has 0 radical (unpaired) electrons. The molecule has 1 aliphatic rings. The van der Waals surface area contributed by atoms with Gasteiger partial charge in [0, 0.05) is 44.6 Å². The van der Waals surface area contributed by atoms with Gasteiger partial charge in [-0.3, -0.25) is 9.59 Å². The Labute approximate surface area is 207 Å². The number of nitrogens with zero attached hydrogens (tertiary/aromatic N) is 3. The van der Waals surface area contributed by atoms with Crippen LogP contribution in [0.15, 0.2) is 36.7 Å². The molecule has 0 bridgehead atoms. The summed E-state index contributed by atoms with van der Waals surface area (Å²) in [6.45, 7) is 9.78. The SMILES string of the molecule is CCC(=O)Nc1cccc(-c2cnc3c(n2)c(C(=O)NC2CCC2)cn3COCC[Si](C)(C)C)c1. The molecule has 2 heterocycles. The van der Waals surface area contributed by atoms with Crippen LogP contribution in [0.5, 0.6) is 0 Å². The molecule has 4 rings (SSSR count). The van der Waals surface area contributed by atoms with E-state index < -0.39 is 8.07 Å². The average molecular weight is 494 g/mol. The Kier molecular flexibility index (Phi) is 7.66. The smallest absolute Gasteiger partial charge is 0.255 e. The Hall–Kier alpha value is -3.04. The molecule has 186 valence electrons. The van der Waals surface area contributed by atoms with E-state index in [1.807, 2.05) is 35.8 Å². The van der Waals surface area contributed by atoms with Gasteiger partial charge >= 0.3 is 0 Å². The topological polar surface area (TPSA) is 98.1 Å². The van der Waals surface area contributed by atoms with Gasteiger partial charge in [0.25, 0.3) is 5.91 Å². The summed E-state index contributed by atoms with van der Waals surface area (Å²) in [4.78, 5) is 34.4. The van der Waals surface area contributed by atoms with E-state index in [4.69, 9.17) is 9.72 Å². The molecule has 2 amide bonds. The molecule has 1 aromatic carbocycles. The fourth-order valence-corrected chi connectivity index (χ4v) is 4.57. The zero-order valence-corrected chi connectivity index (χ0v) is 22.1. The van der Waals surface area contributed by atoms with Crippen LogP contribution in [-0.4, -0.2) is 47.1 Å². The molecular formula is C26H35N5O3Si. The number of nitrogens with one attached hydrogen (secondary N) is 2. The Morgan fingerprint density at radius 2 is 2.03 bits per heavy atom. The van der Waals surface area contributed by atoms with Gasteiger partial charge in [-0.2, -0.15) is 0 Å². The number of anilines is 1. The number of hydrogen-bond acceptors (Lipinski definition) is 5. The molecule has 2 N–H and O–H groups in total. The number of rotatable bonds is 10. The van der Waals surface area contributed by atoms with Gasteiger partial charge in [-0.1, -0.05) is 38.7 Å². The zero-order valence-electron chi connectivity index (χ0n) is 21.1. The summed E-state index contributed by atoms with van der Waals surface area (Å²) < 4.78 is 7.81. The summed E-state index contributed by atoms with van der Waals surface area (Å²) in [7, 11) is -1.19. The second-order valence-corrected chi connectivity index (χ2v) is 16.0. The molecule has 2 aromatic heterocycles. The quantitative estimate of drug-likeness (QED) is 0.304. The highest BCUT2D eigenvalue weighted by Gasteiger charge is 2.24. The third-order valence-corrected chi connectivity index (χ3v) is 7.94. The summed E-state index contributed by atoms with van der Waals surface area (Å²) in [5.41, 5.74) is 3.84. The van der Waals surface area contributed by atoms with Gasteiger partial charge in [0.05, 0.1) is 17.5 Å². The van der Waals surface area contributed by atoms with Crippen LogP contribution in [0.1, 0.15) is 43.0 Å². The lowest BCUT2D eigenvalue weighted by Gasteiger charge is -2.26. The Balaban J connectivity index is 1.64. The summed E-state index contributed by atoms with van der Waals surface area (Å²) in [6.07, 6.45) is 7.08. The maximum atomic E-state index is 13.1. The fraction of sp³-hybridized carbons (Fsp3) is 0.462. The van der Waals surface area contributed by atoms with E-state index in [9.17, 15) is 9.59 Å². The van der Waals surface area contributed by atoms with Gasteiger partial charge < -0.3 is 19.9 Å². The molecule has 0 aliphatic heterocycles. The van der Waals surface area contributed by atoms with Gasteiger partial charge in [0.1, 0.15) is 12.2 Å². The van der Waals surface area contributed by atoms with Crippen molar-refractivity contribution in [2.24, 2.45) is 0 Å². The zero-order chi connectivity index (χ0) is 25.0. The Morgan fingerprint density at radius 3 is 2.71 bits per heavy atom. The van der Waals surface area contributed by atoms with E-state index in [-0.39, 0.29) is 17.9 Å². The van der Waals surface area contributed by atoms with Crippen molar-refractivity contribution in [2.75, 3.05) is 11.9 Å². The second kappa shape index (κ2) is 10.7. The van der Waals surface area contributed by atoms with Crippen LogP contribution < -0.4 is 10.6 Å². The number of fused-ring (bicyclic) bond motifs is 1. The highest BCUT2D eigenvalue weighted by Crippen LogP contribution is 2.26. The van der Waals surface area contributed by atoms with Crippen molar-refractivity contribution in [3.8, 4) is 11.3 Å². The van der Waals surface area contributed by atoms with Crippen molar-refractivity contribution in [1.82, 2.24) is 19.9 Å². The monoisotopic (exact) mass is 493 g/mol. The van der Waals surface area contributed by atoms with Crippen LogP contribution in [0.3, 0.4) is 0 Å². The van der Waals surface area contributed by atoms with Gasteiger partial charge in [0.15, 0.2) is 5.65 Å². The third-order valence-electron chi connectivity index (χ3n) is 6.24. The fourth-order valence-electron chi connectivity index (χ4n) is 3.82. The summed E-state index contributed by atoms with van der Waals surface area (Å²) in [6, 6.07) is 8.80. The van der Waals surface area contributed by atoms with Crippen LogP contribution in [-0.2, 0) is 16.3 Å². The van der Waals surface area contributed by atoms with Crippen molar-refractivity contribution in [2.45, 2.75) is 71.1 Å². The number of hydrogen-bond donors (Lipinski definition) is 2. The van der Waals surface area contributed by atoms with Gasteiger partial charge in [-0.05, 0) is 37.4 Å². The van der Waals surface area contributed by atoms with E-state index in [1.165, 1.54) is 0 Å². The maximum Gasteiger partial charge on any atom is 0.255 e. The lowest BCUT2D eigenvalue weighted by molar-refractivity contribution is -0.115. The highest BCUT2D eigenvalue weighted by molar-refractivity contribution is 6.76. The number of amides is 2. The first-order chi connectivity index (χ1) is 16.7. The minimum absolute atomic E-state index is 0.0511. The molecule has 1 aliphatic carbocycles. The van der Waals surface area contributed by atoms with Crippen LogP contribution in [0.4, 0.5) is 5.69 Å². The molecule has 1 fully saturated rings.